The van der Waals surface area contributed by atoms with Crippen molar-refractivity contribution in [2.24, 2.45) is 0 Å². The Morgan fingerprint density at radius 3 is 2.68 bits per heavy atom. The van der Waals surface area contributed by atoms with Crippen LogP contribution in [0, 0.1) is 13.8 Å². The van der Waals surface area contributed by atoms with Crippen molar-refractivity contribution in [1.82, 2.24) is 14.9 Å². The summed E-state index contributed by atoms with van der Waals surface area (Å²) in [6.07, 6.45) is 1.35. The molecule has 2 heterocycles. The third-order valence-electron chi connectivity index (χ3n) is 4.06. The molecule has 2 aromatic rings. The molecule has 1 aromatic carbocycles. The van der Waals surface area contributed by atoms with Gasteiger partial charge in [0, 0.05) is 41.4 Å². The van der Waals surface area contributed by atoms with Crippen LogP contribution in [0.5, 0.6) is 6.01 Å². The molecule has 1 aliphatic rings. The molecular formula is C19H23N3O2S. The maximum atomic E-state index is 12.4. The molecule has 1 amide bonds. The average Bonchev–Trinajstić information content (AvgIpc) is 3.03. The Hall–Kier alpha value is -2.08. The lowest BCUT2D eigenvalue weighted by Crippen LogP contribution is -2.31. The van der Waals surface area contributed by atoms with Crippen LogP contribution in [0.25, 0.3) is 0 Å². The van der Waals surface area contributed by atoms with Gasteiger partial charge in [-0.25, -0.2) is 9.97 Å². The van der Waals surface area contributed by atoms with Gasteiger partial charge in [-0.15, -0.1) is 11.8 Å². The normalized spacial score (nSPS) is 16.9. The molecule has 1 fully saturated rings. The van der Waals surface area contributed by atoms with Gasteiger partial charge in [0.15, 0.2) is 0 Å². The standard InChI is InChI=1S/C19H23N3O2S/c1-14-12-15(2)21-19(20-14)24-16-8-10-22(13-16)18(23)9-11-25-17-6-4-3-5-7-17/h3-7,12,16H,8-11,13H2,1-2H3/t16-/m1/s1. The Kier molecular flexibility index (Phi) is 5.91. The Morgan fingerprint density at radius 2 is 1.96 bits per heavy atom. The van der Waals surface area contributed by atoms with Gasteiger partial charge in [0.2, 0.25) is 5.91 Å². The number of benzene rings is 1. The average molecular weight is 357 g/mol. The molecule has 6 heteroatoms. The van der Waals surface area contributed by atoms with Gasteiger partial charge in [-0.2, -0.15) is 0 Å². The Balaban J connectivity index is 1.44. The molecule has 0 unspecified atom stereocenters. The molecule has 0 N–H and O–H groups in total. The van der Waals surface area contributed by atoms with E-state index in [0.717, 1.165) is 30.1 Å². The summed E-state index contributed by atoms with van der Waals surface area (Å²) in [5, 5.41) is 0. The van der Waals surface area contributed by atoms with Gasteiger partial charge in [-0.05, 0) is 32.0 Å². The number of carbonyl (C=O) groups excluding carboxylic acids is 1. The van der Waals surface area contributed by atoms with Crippen molar-refractivity contribution in [1.29, 1.82) is 0 Å². The van der Waals surface area contributed by atoms with Crippen molar-refractivity contribution in [2.75, 3.05) is 18.8 Å². The lowest BCUT2D eigenvalue weighted by Gasteiger charge is -2.17. The molecule has 5 nitrogen and oxygen atoms in total. The van der Waals surface area contributed by atoms with Gasteiger partial charge in [0.25, 0.3) is 0 Å². The van der Waals surface area contributed by atoms with E-state index in [2.05, 4.69) is 22.1 Å². The highest BCUT2D eigenvalue weighted by molar-refractivity contribution is 7.99. The number of hydrogen-bond donors (Lipinski definition) is 0. The molecule has 0 radical (unpaired) electrons. The maximum Gasteiger partial charge on any atom is 0.317 e. The summed E-state index contributed by atoms with van der Waals surface area (Å²) in [5.41, 5.74) is 1.79. The zero-order chi connectivity index (χ0) is 17.6. The van der Waals surface area contributed by atoms with E-state index >= 15 is 0 Å². The summed E-state index contributed by atoms with van der Waals surface area (Å²) in [7, 11) is 0. The predicted molar refractivity (Wildman–Crippen MR) is 98.9 cm³/mol. The van der Waals surface area contributed by atoms with Gasteiger partial charge in [-0.3, -0.25) is 4.79 Å². The molecular weight excluding hydrogens is 334 g/mol. The number of carbonyl (C=O) groups is 1. The second-order valence-corrected chi connectivity index (χ2v) is 7.38. The predicted octanol–water partition coefficient (Wildman–Crippen LogP) is 3.26. The van der Waals surface area contributed by atoms with E-state index in [9.17, 15) is 4.79 Å². The number of rotatable bonds is 6. The van der Waals surface area contributed by atoms with Crippen LogP contribution >= 0.6 is 11.8 Å². The van der Waals surface area contributed by atoms with Gasteiger partial charge in [0.05, 0.1) is 6.54 Å². The SMILES string of the molecule is Cc1cc(C)nc(O[C@@H]2CCN(C(=O)CCSc3ccccc3)C2)n1. The highest BCUT2D eigenvalue weighted by atomic mass is 32.2. The van der Waals surface area contributed by atoms with E-state index < -0.39 is 0 Å². The summed E-state index contributed by atoms with van der Waals surface area (Å²) >= 11 is 1.72. The number of nitrogens with zero attached hydrogens (tertiary/aromatic N) is 3. The van der Waals surface area contributed by atoms with Crippen molar-refractivity contribution >= 4 is 17.7 Å². The quantitative estimate of drug-likeness (QED) is 0.743. The summed E-state index contributed by atoms with van der Waals surface area (Å²) in [6.45, 7) is 5.21. The molecule has 0 bridgehead atoms. The maximum absolute atomic E-state index is 12.4. The monoisotopic (exact) mass is 357 g/mol. The molecule has 1 atom stereocenters. The van der Waals surface area contributed by atoms with Crippen LogP contribution in [0.1, 0.15) is 24.2 Å². The minimum atomic E-state index is -0.0214. The van der Waals surface area contributed by atoms with Crippen LogP contribution in [0.4, 0.5) is 0 Å². The van der Waals surface area contributed by atoms with Crippen LogP contribution in [0.3, 0.4) is 0 Å². The largest absolute Gasteiger partial charge is 0.458 e. The fourth-order valence-electron chi connectivity index (χ4n) is 2.88. The first-order valence-electron chi connectivity index (χ1n) is 8.55. The zero-order valence-electron chi connectivity index (χ0n) is 14.6. The van der Waals surface area contributed by atoms with E-state index in [-0.39, 0.29) is 12.0 Å². The van der Waals surface area contributed by atoms with E-state index in [4.69, 9.17) is 4.74 Å². The number of thioether (sulfide) groups is 1. The summed E-state index contributed by atoms with van der Waals surface area (Å²) in [6, 6.07) is 12.5. The molecule has 1 saturated heterocycles. The van der Waals surface area contributed by atoms with Crippen LogP contribution in [0.15, 0.2) is 41.3 Å². The number of likely N-dealkylation sites (tertiary alicyclic amines) is 1. The summed E-state index contributed by atoms with van der Waals surface area (Å²) < 4.78 is 5.87. The molecule has 1 aliphatic heterocycles. The van der Waals surface area contributed by atoms with Gasteiger partial charge < -0.3 is 9.64 Å². The summed E-state index contributed by atoms with van der Waals surface area (Å²) in [4.78, 5) is 24.1. The highest BCUT2D eigenvalue weighted by Crippen LogP contribution is 2.20. The minimum absolute atomic E-state index is 0.0214. The van der Waals surface area contributed by atoms with Gasteiger partial charge in [0.1, 0.15) is 6.10 Å². The lowest BCUT2D eigenvalue weighted by atomic mass is 10.3. The molecule has 0 aliphatic carbocycles. The minimum Gasteiger partial charge on any atom is -0.458 e. The Labute approximate surface area is 152 Å². The van der Waals surface area contributed by atoms with Crippen LogP contribution in [-0.2, 0) is 4.79 Å². The van der Waals surface area contributed by atoms with Gasteiger partial charge >= 0.3 is 6.01 Å². The number of aryl methyl sites for hydroxylation is 2. The van der Waals surface area contributed by atoms with E-state index in [1.165, 1.54) is 4.90 Å². The van der Waals surface area contributed by atoms with Crippen LogP contribution < -0.4 is 4.74 Å². The molecule has 0 saturated carbocycles. The number of hydrogen-bond acceptors (Lipinski definition) is 5. The lowest BCUT2D eigenvalue weighted by molar-refractivity contribution is -0.129. The Morgan fingerprint density at radius 1 is 1.24 bits per heavy atom. The molecule has 0 spiro atoms. The van der Waals surface area contributed by atoms with Gasteiger partial charge in [-0.1, -0.05) is 18.2 Å². The highest BCUT2D eigenvalue weighted by Gasteiger charge is 2.28. The van der Waals surface area contributed by atoms with Crippen molar-refractivity contribution in [2.45, 2.75) is 37.7 Å². The molecule has 132 valence electrons. The fourth-order valence-corrected chi connectivity index (χ4v) is 3.74. The first kappa shape index (κ1) is 17.7. The molecule has 3 rings (SSSR count). The summed E-state index contributed by atoms with van der Waals surface area (Å²) in [5.74, 6) is 0.987. The topological polar surface area (TPSA) is 55.3 Å². The van der Waals surface area contributed by atoms with Crippen molar-refractivity contribution in [3.05, 3.63) is 47.8 Å². The second-order valence-electron chi connectivity index (χ2n) is 6.21. The Bertz CT molecular complexity index is 704. The fraction of sp³-hybridized carbons (Fsp3) is 0.421. The first-order chi connectivity index (χ1) is 12.1. The zero-order valence-corrected chi connectivity index (χ0v) is 15.5. The van der Waals surface area contributed by atoms with E-state index in [0.29, 0.717) is 19.0 Å². The van der Waals surface area contributed by atoms with E-state index in [1.54, 1.807) is 11.8 Å². The number of amides is 1. The number of aromatic nitrogens is 2. The van der Waals surface area contributed by atoms with Crippen molar-refractivity contribution in [3.8, 4) is 6.01 Å². The van der Waals surface area contributed by atoms with Crippen LogP contribution in [0.2, 0.25) is 0 Å². The van der Waals surface area contributed by atoms with Crippen molar-refractivity contribution in [3.63, 3.8) is 0 Å². The smallest absolute Gasteiger partial charge is 0.317 e. The third kappa shape index (κ3) is 5.19. The molecule has 1 aromatic heterocycles. The number of ether oxygens (including phenoxy) is 1. The van der Waals surface area contributed by atoms with Crippen molar-refractivity contribution < 1.29 is 9.53 Å². The second kappa shape index (κ2) is 8.34. The van der Waals surface area contributed by atoms with Crippen LogP contribution in [-0.4, -0.2) is 45.7 Å². The first-order valence-corrected chi connectivity index (χ1v) is 9.53. The van der Waals surface area contributed by atoms with E-state index in [1.807, 2.05) is 43.0 Å². The molecule has 25 heavy (non-hydrogen) atoms. The third-order valence-corrected chi connectivity index (χ3v) is 5.07.